The van der Waals surface area contributed by atoms with Gasteiger partial charge in [0.2, 0.25) is 0 Å². The molecule has 152 valence electrons. The van der Waals surface area contributed by atoms with Crippen LogP contribution in [0.3, 0.4) is 0 Å². The van der Waals surface area contributed by atoms with E-state index in [2.05, 4.69) is 21.2 Å². The summed E-state index contributed by atoms with van der Waals surface area (Å²) in [4.78, 5) is 24.8. The van der Waals surface area contributed by atoms with Gasteiger partial charge < -0.3 is 5.32 Å². The summed E-state index contributed by atoms with van der Waals surface area (Å²) in [5.41, 5.74) is 1.75. The van der Waals surface area contributed by atoms with Gasteiger partial charge in [0.05, 0.1) is 6.54 Å². The Kier molecular flexibility index (Phi) is 5.95. The van der Waals surface area contributed by atoms with Crippen LogP contribution in [0, 0.1) is 0 Å². The molecule has 29 heavy (non-hydrogen) atoms. The third-order valence-corrected chi connectivity index (χ3v) is 6.91. The van der Waals surface area contributed by atoms with Crippen LogP contribution in [0.5, 0.6) is 0 Å². The summed E-state index contributed by atoms with van der Waals surface area (Å²) in [6.45, 7) is 5.17. The molecule has 2 aromatic carbocycles. The summed E-state index contributed by atoms with van der Waals surface area (Å²) < 4.78 is 27.8. The van der Waals surface area contributed by atoms with Crippen molar-refractivity contribution >= 4 is 42.7 Å². The van der Waals surface area contributed by atoms with Crippen LogP contribution in [0.4, 0.5) is 0 Å². The van der Waals surface area contributed by atoms with E-state index in [0.717, 1.165) is 8.78 Å². The maximum Gasteiger partial charge on any atom is 0.268 e. The fraction of sp³-hybridized carbons (Fsp3) is 0.238. The monoisotopic (exact) mass is 476 g/mol. The average Bonchev–Trinajstić information content (AvgIpc) is 2.81. The highest BCUT2D eigenvalue weighted by Crippen LogP contribution is 2.37. The van der Waals surface area contributed by atoms with Crippen LogP contribution in [0.1, 0.15) is 42.3 Å². The molecule has 1 N–H and O–H groups in total. The lowest BCUT2D eigenvalue weighted by Gasteiger charge is -2.17. The first kappa shape index (κ1) is 21.3. The molecule has 8 heteroatoms. The third kappa shape index (κ3) is 4.28. The normalized spacial score (nSPS) is 15.9. The molecule has 0 unspecified atom stereocenters. The molecule has 3 rings (SSSR count). The molecule has 0 spiro atoms. The zero-order valence-corrected chi connectivity index (χ0v) is 18.7. The first-order valence-electron chi connectivity index (χ1n) is 9.05. The molecule has 0 aliphatic carbocycles. The number of halogens is 1. The van der Waals surface area contributed by atoms with E-state index < -0.39 is 15.9 Å². The lowest BCUT2D eigenvalue weighted by Crippen LogP contribution is -2.31. The number of carbonyl (C=O) groups excluding carboxylic acids is 2. The molecule has 1 heterocycles. The third-order valence-electron chi connectivity index (χ3n) is 4.48. The minimum atomic E-state index is -3.97. The van der Waals surface area contributed by atoms with Gasteiger partial charge >= 0.3 is 0 Å². The predicted octanol–water partition coefficient (Wildman–Crippen LogP) is 3.69. The molecular weight excluding hydrogens is 456 g/mol. The van der Waals surface area contributed by atoms with Gasteiger partial charge in [-0.2, -0.15) is 0 Å². The van der Waals surface area contributed by atoms with Crippen molar-refractivity contribution in [2.75, 3.05) is 0 Å². The minimum absolute atomic E-state index is 0.0139. The first-order valence-corrected chi connectivity index (χ1v) is 11.3. The van der Waals surface area contributed by atoms with Crippen LogP contribution >= 0.6 is 15.9 Å². The zero-order chi connectivity index (χ0) is 21.3. The Morgan fingerprint density at radius 1 is 1.14 bits per heavy atom. The molecule has 0 fully saturated rings. The standard InChI is InChI=1S/C21H21BrN2O4S/c1-13(2)23-20(25)16-9-7-15(8-10-16)12-24-21(26)14(3)19(29(24,27)28)17-5-4-6-18(22)11-17/h4-11,13H,12H2,1-3H3,(H,23,25). The molecule has 0 saturated carbocycles. The average molecular weight is 477 g/mol. The van der Waals surface area contributed by atoms with E-state index in [1.807, 2.05) is 13.8 Å². The van der Waals surface area contributed by atoms with Gasteiger partial charge in [-0.15, -0.1) is 0 Å². The van der Waals surface area contributed by atoms with Gasteiger partial charge in [0.15, 0.2) is 0 Å². The number of amides is 2. The maximum atomic E-state index is 13.1. The van der Waals surface area contributed by atoms with E-state index in [0.29, 0.717) is 16.7 Å². The summed E-state index contributed by atoms with van der Waals surface area (Å²) in [5, 5.41) is 2.80. The Morgan fingerprint density at radius 3 is 2.38 bits per heavy atom. The minimum Gasteiger partial charge on any atom is -0.350 e. The molecule has 0 aromatic heterocycles. The van der Waals surface area contributed by atoms with E-state index in [1.165, 1.54) is 6.92 Å². The van der Waals surface area contributed by atoms with Gasteiger partial charge in [0.1, 0.15) is 4.91 Å². The smallest absolute Gasteiger partial charge is 0.268 e. The fourth-order valence-electron chi connectivity index (χ4n) is 3.12. The second kappa shape index (κ2) is 8.12. The van der Waals surface area contributed by atoms with Gasteiger partial charge in [0, 0.05) is 21.7 Å². The van der Waals surface area contributed by atoms with Gasteiger partial charge in [-0.05, 0) is 56.2 Å². The van der Waals surface area contributed by atoms with E-state index in [1.54, 1.807) is 48.5 Å². The summed E-state index contributed by atoms with van der Waals surface area (Å²) in [7, 11) is -3.97. The largest absolute Gasteiger partial charge is 0.350 e. The zero-order valence-electron chi connectivity index (χ0n) is 16.3. The van der Waals surface area contributed by atoms with Crippen molar-refractivity contribution in [2.45, 2.75) is 33.4 Å². The summed E-state index contributed by atoms with van der Waals surface area (Å²) >= 11 is 3.34. The second-order valence-electron chi connectivity index (χ2n) is 7.11. The van der Waals surface area contributed by atoms with Crippen LogP contribution in [0.2, 0.25) is 0 Å². The van der Waals surface area contributed by atoms with Gasteiger partial charge in [-0.25, -0.2) is 12.7 Å². The quantitative estimate of drug-likeness (QED) is 0.712. The topological polar surface area (TPSA) is 83.6 Å². The van der Waals surface area contributed by atoms with Crippen molar-refractivity contribution in [1.29, 1.82) is 0 Å². The summed E-state index contributed by atoms with van der Waals surface area (Å²) in [6.07, 6.45) is 0. The van der Waals surface area contributed by atoms with Gasteiger partial charge in [-0.3, -0.25) is 9.59 Å². The van der Waals surface area contributed by atoms with Crippen LogP contribution in [0.25, 0.3) is 4.91 Å². The molecule has 0 saturated heterocycles. The molecule has 1 aliphatic heterocycles. The molecule has 0 radical (unpaired) electrons. The van der Waals surface area contributed by atoms with Crippen molar-refractivity contribution in [3.8, 4) is 0 Å². The van der Waals surface area contributed by atoms with E-state index in [4.69, 9.17) is 0 Å². The Bertz CT molecular complexity index is 1110. The van der Waals surface area contributed by atoms with Crippen LogP contribution < -0.4 is 5.32 Å². The van der Waals surface area contributed by atoms with Crippen molar-refractivity contribution in [1.82, 2.24) is 9.62 Å². The highest BCUT2D eigenvalue weighted by atomic mass is 79.9. The summed E-state index contributed by atoms with van der Waals surface area (Å²) in [6, 6.07) is 13.4. The lowest BCUT2D eigenvalue weighted by atomic mass is 10.1. The second-order valence-corrected chi connectivity index (χ2v) is 9.82. The van der Waals surface area contributed by atoms with Crippen molar-refractivity contribution in [3.05, 3.63) is 75.3 Å². The van der Waals surface area contributed by atoms with Crippen LogP contribution in [0.15, 0.2) is 58.6 Å². The van der Waals surface area contributed by atoms with E-state index in [-0.39, 0.29) is 29.0 Å². The van der Waals surface area contributed by atoms with E-state index >= 15 is 0 Å². The fourth-order valence-corrected chi connectivity index (χ4v) is 5.31. The molecule has 2 aromatic rings. The maximum absolute atomic E-state index is 13.1. The number of nitrogens with zero attached hydrogens (tertiary/aromatic N) is 1. The molecule has 1 aliphatic rings. The highest BCUT2D eigenvalue weighted by Gasteiger charge is 2.42. The number of nitrogens with one attached hydrogen (secondary N) is 1. The molecule has 2 amide bonds. The number of benzene rings is 2. The van der Waals surface area contributed by atoms with Crippen molar-refractivity contribution in [3.63, 3.8) is 0 Å². The van der Waals surface area contributed by atoms with Crippen LogP contribution in [-0.4, -0.2) is 30.6 Å². The Hall–Kier alpha value is -2.45. The Labute approximate surface area is 178 Å². The number of rotatable bonds is 5. The molecule has 0 atom stereocenters. The molecule has 0 bridgehead atoms. The Morgan fingerprint density at radius 2 is 1.79 bits per heavy atom. The van der Waals surface area contributed by atoms with Crippen LogP contribution in [-0.2, 0) is 21.4 Å². The lowest BCUT2D eigenvalue weighted by molar-refractivity contribution is -0.122. The van der Waals surface area contributed by atoms with Crippen molar-refractivity contribution in [2.24, 2.45) is 0 Å². The molecule has 6 nitrogen and oxygen atoms in total. The summed E-state index contributed by atoms with van der Waals surface area (Å²) in [5.74, 6) is -0.743. The SMILES string of the molecule is CC1=C(c2cccc(Br)c2)S(=O)(=O)N(Cc2ccc(C(=O)NC(C)C)cc2)C1=O. The number of carbonyl (C=O) groups is 2. The van der Waals surface area contributed by atoms with E-state index in [9.17, 15) is 18.0 Å². The first-order chi connectivity index (χ1) is 13.6. The highest BCUT2D eigenvalue weighted by molar-refractivity contribution is 9.10. The Balaban J connectivity index is 1.86. The number of sulfonamides is 1. The number of hydrogen-bond donors (Lipinski definition) is 1. The molecular formula is C21H21BrN2O4S. The van der Waals surface area contributed by atoms with Gasteiger partial charge in [-0.1, -0.05) is 40.2 Å². The number of hydrogen-bond acceptors (Lipinski definition) is 4. The van der Waals surface area contributed by atoms with Crippen molar-refractivity contribution < 1.29 is 18.0 Å². The van der Waals surface area contributed by atoms with Gasteiger partial charge in [0.25, 0.3) is 21.8 Å². The predicted molar refractivity (Wildman–Crippen MR) is 115 cm³/mol.